The summed E-state index contributed by atoms with van der Waals surface area (Å²) in [4.78, 5) is 6.67. The van der Waals surface area contributed by atoms with Crippen molar-refractivity contribution in [2.75, 3.05) is 24.9 Å². The number of likely N-dealkylation sites (N-methyl/N-ethyl adjacent to an activating group) is 1. The number of hydrogen-bond donors (Lipinski definition) is 1. The number of anilines is 1. The molecular formula is C23H20Cl2F3N3O3S2. The standard InChI is InChI=1S/C23H20Cl2F3N3O3S2/c1-31-7-6-17(13-31)34-21-11-16(2-4-20(21)23(26,27)28)30-36(32,33)19-3-5-22(29-12-19)35-18-9-14(24)8-15(25)10-18/h2-5,8-12,17,30H,6-7,13H2,1H3. The molecule has 13 heteroatoms. The third kappa shape index (κ3) is 6.77. The highest BCUT2D eigenvalue weighted by Crippen LogP contribution is 2.39. The van der Waals surface area contributed by atoms with Crippen LogP contribution in [0.4, 0.5) is 18.9 Å². The molecule has 1 atom stereocenters. The highest BCUT2D eigenvalue weighted by atomic mass is 35.5. The molecule has 0 aliphatic carbocycles. The van der Waals surface area contributed by atoms with Crippen molar-refractivity contribution in [3.63, 3.8) is 0 Å². The summed E-state index contributed by atoms with van der Waals surface area (Å²) in [5.41, 5.74) is -1.03. The number of alkyl halides is 3. The molecule has 2 aromatic carbocycles. The van der Waals surface area contributed by atoms with Crippen molar-refractivity contribution in [2.24, 2.45) is 0 Å². The van der Waals surface area contributed by atoms with Gasteiger partial charge in [-0.25, -0.2) is 13.4 Å². The second-order valence-corrected chi connectivity index (χ2v) is 11.8. The van der Waals surface area contributed by atoms with Crippen molar-refractivity contribution < 1.29 is 26.3 Å². The normalized spacial score (nSPS) is 16.8. The maximum atomic E-state index is 13.5. The zero-order valence-corrected chi connectivity index (χ0v) is 21.9. The predicted molar refractivity (Wildman–Crippen MR) is 134 cm³/mol. The molecule has 3 aromatic rings. The number of aromatic nitrogens is 1. The molecule has 0 radical (unpaired) electrons. The highest BCUT2D eigenvalue weighted by molar-refractivity contribution is 7.99. The lowest BCUT2D eigenvalue weighted by molar-refractivity contribution is -0.139. The van der Waals surface area contributed by atoms with Crippen LogP contribution in [-0.4, -0.2) is 44.5 Å². The topological polar surface area (TPSA) is 71.5 Å². The van der Waals surface area contributed by atoms with E-state index < -0.39 is 33.6 Å². The molecule has 0 amide bonds. The molecular weight excluding hydrogens is 558 g/mol. The van der Waals surface area contributed by atoms with Gasteiger partial charge in [-0.3, -0.25) is 4.72 Å². The smallest absolute Gasteiger partial charge is 0.419 e. The quantitative estimate of drug-likeness (QED) is 0.348. The number of likely N-dealkylation sites (tertiary alicyclic amines) is 1. The average Bonchev–Trinajstić information content (AvgIpc) is 3.17. The molecule has 1 aromatic heterocycles. The molecule has 0 saturated carbocycles. The Morgan fingerprint density at radius 2 is 1.83 bits per heavy atom. The number of nitrogens with zero attached hydrogens (tertiary/aromatic N) is 2. The van der Waals surface area contributed by atoms with Gasteiger partial charge < -0.3 is 9.64 Å². The molecule has 1 aliphatic heterocycles. The Labute approximate surface area is 220 Å². The minimum Gasteiger partial charge on any atom is -0.488 e. The second kappa shape index (κ2) is 10.7. The number of halogens is 5. The average molecular weight is 578 g/mol. The van der Waals surface area contributed by atoms with Gasteiger partial charge in [0, 0.05) is 40.3 Å². The summed E-state index contributed by atoms with van der Waals surface area (Å²) in [6.45, 7) is 1.18. The summed E-state index contributed by atoms with van der Waals surface area (Å²) in [6.07, 6.45) is -3.35. The number of benzene rings is 2. The maximum Gasteiger partial charge on any atom is 0.419 e. The number of hydrogen-bond acceptors (Lipinski definition) is 6. The Morgan fingerprint density at radius 3 is 2.42 bits per heavy atom. The lowest BCUT2D eigenvalue weighted by Crippen LogP contribution is -2.23. The summed E-state index contributed by atoms with van der Waals surface area (Å²) in [5.74, 6) is -0.423. The first-order valence-corrected chi connectivity index (χ1v) is 13.6. The summed E-state index contributed by atoms with van der Waals surface area (Å²) in [6, 6.07) is 10.7. The van der Waals surface area contributed by atoms with Crippen LogP contribution < -0.4 is 9.46 Å². The van der Waals surface area contributed by atoms with Crippen molar-refractivity contribution in [3.8, 4) is 5.75 Å². The SMILES string of the molecule is CN1CCC(Oc2cc(NS(=O)(=O)c3ccc(Sc4cc(Cl)cc(Cl)c4)nc3)ccc2C(F)(F)F)C1. The van der Waals surface area contributed by atoms with E-state index in [0.29, 0.717) is 34.6 Å². The zero-order chi connectivity index (χ0) is 26.1. The van der Waals surface area contributed by atoms with E-state index in [1.165, 1.54) is 23.9 Å². The van der Waals surface area contributed by atoms with E-state index in [2.05, 4.69) is 9.71 Å². The zero-order valence-electron chi connectivity index (χ0n) is 18.7. The van der Waals surface area contributed by atoms with Gasteiger partial charge in [-0.15, -0.1) is 0 Å². The van der Waals surface area contributed by atoms with Crippen molar-refractivity contribution in [1.82, 2.24) is 9.88 Å². The van der Waals surface area contributed by atoms with Crippen LogP contribution in [0.25, 0.3) is 0 Å². The van der Waals surface area contributed by atoms with Crippen LogP contribution >= 0.6 is 35.0 Å². The Bertz CT molecular complexity index is 1340. The molecule has 6 nitrogen and oxygen atoms in total. The van der Waals surface area contributed by atoms with Gasteiger partial charge in [0.1, 0.15) is 21.8 Å². The van der Waals surface area contributed by atoms with Crippen molar-refractivity contribution in [1.29, 1.82) is 0 Å². The molecule has 4 rings (SSSR count). The van der Waals surface area contributed by atoms with Gasteiger partial charge in [0.2, 0.25) is 0 Å². The minimum absolute atomic E-state index is 0.0589. The van der Waals surface area contributed by atoms with Gasteiger partial charge in [-0.2, -0.15) is 13.2 Å². The molecule has 192 valence electrons. The molecule has 1 aliphatic rings. The lowest BCUT2D eigenvalue weighted by Gasteiger charge is -2.19. The Hall–Kier alpha value is -2.18. The molecule has 0 bridgehead atoms. The fourth-order valence-corrected chi connectivity index (χ4v) is 6.10. The summed E-state index contributed by atoms with van der Waals surface area (Å²) in [7, 11) is -2.28. The van der Waals surface area contributed by atoms with Crippen molar-refractivity contribution in [3.05, 3.63) is 70.3 Å². The Morgan fingerprint density at radius 1 is 1.11 bits per heavy atom. The summed E-state index contributed by atoms with van der Waals surface area (Å²) in [5, 5.41) is 1.40. The predicted octanol–water partition coefficient (Wildman–Crippen LogP) is 6.44. The molecule has 1 fully saturated rings. The number of rotatable bonds is 7. The van der Waals surface area contributed by atoms with Gasteiger partial charge >= 0.3 is 6.18 Å². The van der Waals surface area contributed by atoms with Crippen LogP contribution in [0.15, 0.2) is 69.5 Å². The number of nitrogens with one attached hydrogen (secondary N) is 1. The van der Waals surface area contributed by atoms with E-state index in [-0.39, 0.29) is 10.6 Å². The minimum atomic E-state index is -4.65. The summed E-state index contributed by atoms with van der Waals surface area (Å²) >= 11 is 13.2. The van der Waals surface area contributed by atoms with E-state index in [4.69, 9.17) is 27.9 Å². The van der Waals surface area contributed by atoms with Gasteiger partial charge in [-0.05, 0) is 55.9 Å². The monoisotopic (exact) mass is 577 g/mol. The van der Waals surface area contributed by atoms with Crippen LogP contribution in [-0.2, 0) is 16.2 Å². The number of sulfonamides is 1. The third-order valence-corrected chi connectivity index (χ3v) is 7.98. The van der Waals surface area contributed by atoms with Gasteiger partial charge in [0.15, 0.2) is 0 Å². The van der Waals surface area contributed by atoms with Gasteiger partial charge in [0.25, 0.3) is 10.0 Å². The second-order valence-electron chi connectivity index (χ2n) is 8.14. The molecule has 2 heterocycles. The van der Waals surface area contributed by atoms with Crippen molar-refractivity contribution >= 4 is 50.7 Å². The Balaban J connectivity index is 1.52. The van der Waals surface area contributed by atoms with E-state index in [9.17, 15) is 21.6 Å². The van der Waals surface area contributed by atoms with Crippen LogP contribution in [0.3, 0.4) is 0 Å². The van der Waals surface area contributed by atoms with Crippen LogP contribution in [0, 0.1) is 0 Å². The van der Waals surface area contributed by atoms with E-state index >= 15 is 0 Å². The highest BCUT2D eigenvalue weighted by Gasteiger charge is 2.36. The maximum absolute atomic E-state index is 13.5. The number of ether oxygens (including phenoxy) is 1. The first kappa shape index (κ1) is 26.9. The molecule has 1 N–H and O–H groups in total. The Kier molecular flexibility index (Phi) is 7.96. The van der Waals surface area contributed by atoms with Crippen molar-refractivity contribution in [2.45, 2.75) is 33.5 Å². The molecule has 1 unspecified atom stereocenters. The van der Waals surface area contributed by atoms with E-state index in [1.54, 1.807) is 18.2 Å². The fraction of sp³-hybridized carbons (Fsp3) is 0.261. The van der Waals surface area contributed by atoms with Crippen LogP contribution in [0.1, 0.15) is 12.0 Å². The van der Waals surface area contributed by atoms with E-state index in [1.807, 2.05) is 11.9 Å². The number of pyridine rings is 1. The fourth-order valence-electron chi connectivity index (χ4n) is 3.60. The van der Waals surface area contributed by atoms with E-state index in [0.717, 1.165) is 29.3 Å². The molecule has 36 heavy (non-hydrogen) atoms. The largest absolute Gasteiger partial charge is 0.488 e. The van der Waals surface area contributed by atoms with Crippen LogP contribution in [0.2, 0.25) is 10.0 Å². The lowest BCUT2D eigenvalue weighted by atomic mass is 10.1. The molecule has 1 saturated heterocycles. The third-order valence-electron chi connectivity index (χ3n) is 5.26. The first-order chi connectivity index (χ1) is 16.9. The van der Waals surface area contributed by atoms with Gasteiger partial charge in [-0.1, -0.05) is 35.0 Å². The van der Waals surface area contributed by atoms with Gasteiger partial charge in [0.05, 0.1) is 11.3 Å². The molecule has 0 spiro atoms. The van der Waals surface area contributed by atoms with Crippen LogP contribution in [0.5, 0.6) is 5.75 Å². The first-order valence-electron chi connectivity index (χ1n) is 10.6. The summed E-state index contributed by atoms with van der Waals surface area (Å²) < 4.78 is 74.2.